The van der Waals surface area contributed by atoms with Crippen molar-refractivity contribution in [3.05, 3.63) is 70.5 Å². The number of nitrogens with one attached hydrogen (secondary N) is 2. The number of hydrogen-bond acceptors (Lipinski definition) is 4. The van der Waals surface area contributed by atoms with E-state index in [0.717, 1.165) is 36.0 Å². The third-order valence-electron chi connectivity index (χ3n) is 4.48. The summed E-state index contributed by atoms with van der Waals surface area (Å²) in [5, 5.41) is 7.16. The van der Waals surface area contributed by atoms with Crippen LogP contribution in [0.2, 0.25) is 5.02 Å². The fourth-order valence-corrected chi connectivity index (χ4v) is 3.10. The fourth-order valence-electron chi connectivity index (χ4n) is 2.92. The van der Waals surface area contributed by atoms with Gasteiger partial charge in [-0.2, -0.15) is 0 Å². The van der Waals surface area contributed by atoms with Gasteiger partial charge < -0.3 is 15.4 Å². The second-order valence-corrected chi connectivity index (χ2v) is 7.10. The number of benzene rings is 1. The number of halogens is 1. The number of allylic oxidation sites excluding steroid dienone is 2. The maximum atomic E-state index is 10.5. The van der Waals surface area contributed by atoms with E-state index in [2.05, 4.69) is 43.2 Å². The quantitative estimate of drug-likeness (QED) is 0.304. The first-order chi connectivity index (χ1) is 14.0. The van der Waals surface area contributed by atoms with Crippen LogP contribution in [0.25, 0.3) is 6.08 Å². The third-order valence-corrected chi connectivity index (χ3v) is 4.72. The lowest BCUT2D eigenvalue weighted by atomic mass is 10.0. The first-order valence-corrected chi connectivity index (χ1v) is 10.3. The molecule has 0 aliphatic carbocycles. The van der Waals surface area contributed by atoms with Crippen molar-refractivity contribution in [2.75, 3.05) is 26.0 Å². The summed E-state index contributed by atoms with van der Waals surface area (Å²) >= 11 is 5.82. The number of ether oxygens (including phenoxy) is 1. The van der Waals surface area contributed by atoms with Gasteiger partial charge in [-0.05, 0) is 61.4 Å². The zero-order chi connectivity index (χ0) is 21.6. The summed E-state index contributed by atoms with van der Waals surface area (Å²) in [6.45, 7) is 8.73. The van der Waals surface area contributed by atoms with Gasteiger partial charge in [-0.3, -0.25) is 4.79 Å². The molecule has 1 atom stereocenters. The number of hydrogen-bond donors (Lipinski definition) is 2. The molecule has 0 saturated heterocycles. The molecular formula is C24H33ClN2O2. The van der Waals surface area contributed by atoms with Crippen molar-refractivity contribution in [1.29, 1.82) is 0 Å². The van der Waals surface area contributed by atoms with Gasteiger partial charge in [-0.25, -0.2) is 0 Å². The lowest BCUT2D eigenvalue weighted by Gasteiger charge is -2.17. The molecule has 158 valence electrons. The Morgan fingerprint density at radius 2 is 2.14 bits per heavy atom. The number of fused-ring (bicyclic) bond motifs is 1. The van der Waals surface area contributed by atoms with E-state index >= 15 is 0 Å². The Bertz CT molecular complexity index is 766. The van der Waals surface area contributed by atoms with Gasteiger partial charge in [0.2, 0.25) is 0 Å². The van der Waals surface area contributed by atoms with Crippen LogP contribution in [-0.2, 0) is 9.53 Å². The lowest BCUT2D eigenvalue weighted by molar-refractivity contribution is -0.104. The molecule has 0 radical (unpaired) electrons. The minimum absolute atomic E-state index is 0.422. The first-order valence-electron chi connectivity index (χ1n) is 9.96. The summed E-state index contributed by atoms with van der Waals surface area (Å²) in [6.07, 6.45) is 12.3. The molecule has 1 aliphatic rings. The standard InChI is InChI=1S/C14H25NO.C10H8ClNO/c1-6-8-13(11-10-12(3)16-5)14(15-4)9-7-2;11-9-1-2-10-8(4-9)3-7(6-13)5-12-10/h8,10-11,14-15H,3,6-7,9H2,1-2,4-5H3;1-4,6,12H,5H2/b11-10-,13-8+;. The van der Waals surface area contributed by atoms with Crippen LogP contribution in [0, 0.1) is 0 Å². The van der Waals surface area contributed by atoms with E-state index in [1.165, 1.54) is 12.0 Å². The van der Waals surface area contributed by atoms with Crippen LogP contribution >= 0.6 is 11.6 Å². The third kappa shape index (κ3) is 8.71. The summed E-state index contributed by atoms with van der Waals surface area (Å²) in [6, 6.07) is 6.00. The smallest absolute Gasteiger partial charge is 0.147 e. The van der Waals surface area contributed by atoms with Gasteiger partial charge in [-0.15, -0.1) is 0 Å². The van der Waals surface area contributed by atoms with Crippen molar-refractivity contribution in [2.45, 2.75) is 39.2 Å². The molecule has 1 aromatic rings. The number of carbonyl (C=O) groups excluding carboxylic acids is 1. The maximum absolute atomic E-state index is 10.5. The minimum Gasteiger partial charge on any atom is -0.497 e. The molecule has 1 unspecified atom stereocenters. The van der Waals surface area contributed by atoms with Crippen molar-refractivity contribution in [2.24, 2.45) is 0 Å². The lowest BCUT2D eigenvalue weighted by Crippen LogP contribution is -2.26. The number of methoxy groups -OCH3 is 1. The van der Waals surface area contributed by atoms with Crippen LogP contribution in [0.4, 0.5) is 5.69 Å². The van der Waals surface area contributed by atoms with Gasteiger partial charge in [0.1, 0.15) is 12.0 Å². The molecule has 0 fully saturated rings. The molecule has 2 N–H and O–H groups in total. The summed E-state index contributed by atoms with van der Waals surface area (Å²) in [7, 11) is 3.64. The largest absolute Gasteiger partial charge is 0.497 e. The van der Waals surface area contributed by atoms with Crippen molar-refractivity contribution < 1.29 is 9.53 Å². The predicted molar refractivity (Wildman–Crippen MR) is 125 cm³/mol. The fraction of sp³-hybridized carbons (Fsp3) is 0.375. The Hall–Kier alpha value is -2.30. The molecule has 2 rings (SSSR count). The SMILES string of the molecule is C=C(/C=C\C(=C/CC)C(CCC)NC)OC.O=CC1=Cc2cc(Cl)ccc2NC1. The molecular weight excluding hydrogens is 384 g/mol. The molecule has 0 spiro atoms. The zero-order valence-corrected chi connectivity index (χ0v) is 18.7. The van der Waals surface area contributed by atoms with Gasteiger partial charge in [0.05, 0.1) is 7.11 Å². The number of anilines is 1. The number of carbonyl (C=O) groups is 1. The Balaban J connectivity index is 0.000000294. The number of rotatable bonds is 9. The van der Waals surface area contributed by atoms with Gasteiger partial charge in [0, 0.05) is 28.9 Å². The molecule has 0 amide bonds. The number of aldehydes is 1. The normalized spacial score (nSPS) is 14.1. The van der Waals surface area contributed by atoms with Crippen molar-refractivity contribution in [1.82, 2.24) is 5.32 Å². The van der Waals surface area contributed by atoms with Crippen LogP contribution < -0.4 is 10.6 Å². The van der Waals surface area contributed by atoms with Gasteiger partial charge in [0.15, 0.2) is 0 Å². The molecule has 29 heavy (non-hydrogen) atoms. The molecule has 4 nitrogen and oxygen atoms in total. The maximum Gasteiger partial charge on any atom is 0.147 e. The van der Waals surface area contributed by atoms with Crippen molar-refractivity contribution >= 4 is 29.7 Å². The van der Waals surface area contributed by atoms with Crippen molar-refractivity contribution in [3.63, 3.8) is 0 Å². The summed E-state index contributed by atoms with van der Waals surface area (Å²) in [5.74, 6) is 0.688. The Morgan fingerprint density at radius 3 is 2.72 bits per heavy atom. The summed E-state index contributed by atoms with van der Waals surface area (Å²) < 4.78 is 5.02. The average Bonchev–Trinajstić information content (AvgIpc) is 2.74. The highest BCUT2D eigenvalue weighted by Crippen LogP contribution is 2.25. The zero-order valence-electron chi connectivity index (χ0n) is 17.9. The van der Waals surface area contributed by atoms with E-state index < -0.39 is 0 Å². The van der Waals surface area contributed by atoms with Gasteiger partial charge in [-0.1, -0.05) is 50.6 Å². The van der Waals surface area contributed by atoms with E-state index in [1.807, 2.05) is 37.4 Å². The molecule has 0 aromatic heterocycles. The molecule has 5 heteroatoms. The van der Waals surface area contributed by atoms with Crippen LogP contribution in [0.1, 0.15) is 38.7 Å². The second kappa shape index (κ2) is 13.8. The van der Waals surface area contributed by atoms with E-state index in [9.17, 15) is 4.79 Å². The van der Waals surface area contributed by atoms with Crippen LogP contribution in [0.5, 0.6) is 0 Å². The molecule has 0 bridgehead atoms. The summed E-state index contributed by atoms with van der Waals surface area (Å²) in [4.78, 5) is 10.5. The molecule has 1 aromatic carbocycles. The monoisotopic (exact) mass is 416 g/mol. The second-order valence-electron chi connectivity index (χ2n) is 6.67. The van der Waals surface area contributed by atoms with Crippen LogP contribution in [0.15, 0.2) is 59.9 Å². The molecule has 1 heterocycles. The first kappa shape index (κ1) is 24.7. The predicted octanol–water partition coefficient (Wildman–Crippen LogP) is 5.78. The topological polar surface area (TPSA) is 50.4 Å². The molecule has 1 aliphatic heterocycles. The van der Waals surface area contributed by atoms with E-state index in [1.54, 1.807) is 7.11 Å². The van der Waals surface area contributed by atoms with Crippen LogP contribution in [0.3, 0.4) is 0 Å². The highest BCUT2D eigenvalue weighted by atomic mass is 35.5. The van der Waals surface area contributed by atoms with Gasteiger partial charge >= 0.3 is 0 Å². The number of likely N-dealkylation sites (N-methyl/N-ethyl adjacent to an activating group) is 1. The highest BCUT2D eigenvalue weighted by Gasteiger charge is 2.09. The van der Waals surface area contributed by atoms with Crippen molar-refractivity contribution in [3.8, 4) is 0 Å². The van der Waals surface area contributed by atoms with E-state index in [0.29, 0.717) is 23.4 Å². The Morgan fingerprint density at radius 1 is 1.38 bits per heavy atom. The summed E-state index contributed by atoms with van der Waals surface area (Å²) in [5.41, 5.74) is 4.05. The van der Waals surface area contributed by atoms with E-state index in [4.69, 9.17) is 16.3 Å². The molecule has 0 saturated carbocycles. The van der Waals surface area contributed by atoms with Crippen LogP contribution in [-0.4, -0.2) is 33.0 Å². The minimum atomic E-state index is 0.422. The Labute approximate surface area is 180 Å². The Kier molecular flexibility index (Phi) is 11.8. The highest BCUT2D eigenvalue weighted by molar-refractivity contribution is 6.30. The van der Waals surface area contributed by atoms with Gasteiger partial charge in [0.25, 0.3) is 0 Å². The average molecular weight is 417 g/mol. The van der Waals surface area contributed by atoms with E-state index in [-0.39, 0.29) is 0 Å².